The Morgan fingerprint density at radius 3 is 2.32 bits per heavy atom. The van der Waals surface area contributed by atoms with Crippen molar-refractivity contribution in [2.75, 3.05) is 56.8 Å². The van der Waals surface area contributed by atoms with Gasteiger partial charge in [0.2, 0.25) is 23.7 Å². The molecule has 3 aliphatic heterocycles. The van der Waals surface area contributed by atoms with Crippen molar-refractivity contribution in [3.63, 3.8) is 0 Å². The monoisotopic (exact) mass is 984 g/mol. The standard InChI is InChI=1S/C49H47ClF2N8O8.ClH/c50-31-12-15-33-35(25-31)45(43-37(51)6-4-7-38(43)52)54-26-30-27-55-49(59-44(30)33)56-32-13-10-29(11-14-32)46(63)53-18-20-67-22-24-68-23-21-66-19-2-1-9-41(61)57-39-8-3-5-34-36(39)28-60(48(34)65)40-16-17-42(62)58-47(40)64;/h3-8,10-15,25,27,40H,1-2,9,16-24,26,28H2,(H,53,63)(H,57,61)(H,55,56,59)(H,58,62,64);1H. The summed E-state index contributed by atoms with van der Waals surface area (Å²) in [5.74, 6) is -2.81. The summed E-state index contributed by atoms with van der Waals surface area (Å²) in [6.07, 6.45) is 3.57. The average Bonchev–Trinajstić information content (AvgIpc) is 3.58. The second-order valence-corrected chi connectivity index (χ2v) is 16.5. The maximum atomic E-state index is 14.9. The second kappa shape index (κ2) is 23.5. The van der Waals surface area contributed by atoms with Gasteiger partial charge in [0.15, 0.2) is 0 Å². The molecule has 1 fully saturated rings. The number of rotatable bonds is 20. The number of hydrogen-bond donors (Lipinski definition) is 4. The van der Waals surface area contributed by atoms with Crippen LogP contribution in [0.1, 0.15) is 75.1 Å². The number of halogens is 4. The number of ether oxygens (including phenoxy) is 3. The van der Waals surface area contributed by atoms with Gasteiger partial charge in [-0.3, -0.25) is 34.3 Å². The Labute approximate surface area is 407 Å². The molecule has 5 amide bonds. The molecule has 1 aromatic heterocycles. The number of benzene rings is 4. The number of carbonyl (C=O) groups excluding carboxylic acids is 5. The number of piperidine rings is 1. The van der Waals surface area contributed by atoms with E-state index in [-0.39, 0.29) is 92.2 Å². The Morgan fingerprint density at radius 2 is 1.57 bits per heavy atom. The van der Waals surface area contributed by atoms with E-state index in [1.165, 1.54) is 23.1 Å². The highest BCUT2D eigenvalue weighted by Gasteiger charge is 2.40. The van der Waals surface area contributed by atoms with Crippen LogP contribution >= 0.6 is 24.0 Å². The average molecular weight is 986 g/mol. The van der Waals surface area contributed by atoms with Gasteiger partial charge in [0.1, 0.15) is 17.7 Å². The van der Waals surface area contributed by atoms with Crippen LogP contribution in [0.3, 0.4) is 0 Å². The number of amides is 5. The van der Waals surface area contributed by atoms with Gasteiger partial charge < -0.3 is 35.1 Å². The first-order chi connectivity index (χ1) is 33.0. The third kappa shape index (κ3) is 12.3. The lowest BCUT2D eigenvalue weighted by atomic mass is 9.95. The number of nitrogens with one attached hydrogen (secondary N) is 4. The predicted octanol–water partition coefficient (Wildman–Crippen LogP) is 6.94. The molecule has 1 atom stereocenters. The lowest BCUT2D eigenvalue weighted by Gasteiger charge is -2.29. The predicted molar refractivity (Wildman–Crippen MR) is 255 cm³/mol. The largest absolute Gasteiger partial charge is 0.379 e. The number of unbranched alkanes of at least 4 members (excludes halogenated alkanes) is 1. The summed E-state index contributed by atoms with van der Waals surface area (Å²) in [5.41, 5.74) is 4.79. The smallest absolute Gasteiger partial charge is 0.255 e. The third-order valence-electron chi connectivity index (χ3n) is 11.4. The molecular formula is C49H48Cl2F2N8O8. The van der Waals surface area contributed by atoms with Gasteiger partial charge in [-0.05, 0) is 79.9 Å². The zero-order valence-electron chi connectivity index (χ0n) is 37.2. The van der Waals surface area contributed by atoms with Gasteiger partial charge in [0, 0.05) is 88.5 Å². The Hall–Kier alpha value is -6.70. The summed E-state index contributed by atoms with van der Waals surface area (Å²) < 4.78 is 46.6. The first-order valence-electron chi connectivity index (χ1n) is 22.1. The van der Waals surface area contributed by atoms with E-state index in [0.717, 1.165) is 0 Å². The summed E-state index contributed by atoms with van der Waals surface area (Å²) >= 11 is 6.34. The van der Waals surface area contributed by atoms with Crippen molar-refractivity contribution in [1.82, 2.24) is 25.5 Å². The van der Waals surface area contributed by atoms with Crippen LogP contribution in [-0.2, 0) is 41.7 Å². The van der Waals surface area contributed by atoms with E-state index in [2.05, 4.69) is 31.2 Å². The molecule has 0 radical (unpaired) electrons. The minimum Gasteiger partial charge on any atom is -0.379 e. The number of imide groups is 1. The summed E-state index contributed by atoms with van der Waals surface area (Å²) in [7, 11) is 0. The van der Waals surface area contributed by atoms with Crippen molar-refractivity contribution in [3.05, 3.63) is 135 Å². The number of aromatic nitrogens is 2. The van der Waals surface area contributed by atoms with Gasteiger partial charge in [0.05, 0.1) is 56.5 Å². The van der Waals surface area contributed by atoms with E-state index in [4.69, 9.17) is 30.8 Å². The van der Waals surface area contributed by atoms with Crippen LogP contribution in [-0.4, -0.2) is 102 Å². The van der Waals surface area contributed by atoms with Crippen molar-refractivity contribution >= 4 is 76.6 Å². The van der Waals surface area contributed by atoms with Crippen molar-refractivity contribution < 1.29 is 47.0 Å². The number of carbonyl (C=O) groups is 5. The van der Waals surface area contributed by atoms with Crippen LogP contribution in [0.15, 0.2) is 90.1 Å². The molecule has 1 saturated heterocycles. The molecule has 0 spiro atoms. The number of anilines is 3. The van der Waals surface area contributed by atoms with Crippen molar-refractivity contribution in [1.29, 1.82) is 0 Å². The lowest BCUT2D eigenvalue weighted by Crippen LogP contribution is -2.52. The molecule has 4 aromatic carbocycles. The van der Waals surface area contributed by atoms with E-state index in [9.17, 15) is 32.8 Å². The Kier molecular flexibility index (Phi) is 17.1. The maximum Gasteiger partial charge on any atom is 0.255 e. The minimum absolute atomic E-state index is 0. The third-order valence-corrected chi connectivity index (χ3v) is 11.7. The first-order valence-corrected chi connectivity index (χ1v) is 22.5. The zero-order valence-corrected chi connectivity index (χ0v) is 38.7. The molecule has 69 heavy (non-hydrogen) atoms. The van der Waals surface area contributed by atoms with Gasteiger partial charge in [-0.2, -0.15) is 0 Å². The van der Waals surface area contributed by atoms with Crippen LogP contribution in [0.4, 0.5) is 26.1 Å². The highest BCUT2D eigenvalue weighted by atomic mass is 35.5. The molecule has 4 heterocycles. The Bertz CT molecular complexity index is 2740. The molecule has 20 heteroatoms. The second-order valence-electron chi connectivity index (χ2n) is 16.1. The normalized spacial score (nSPS) is 14.9. The van der Waals surface area contributed by atoms with Crippen LogP contribution in [0.5, 0.6) is 0 Å². The summed E-state index contributed by atoms with van der Waals surface area (Å²) in [6.45, 7) is 2.74. The SMILES string of the molecule is Cl.O=C1CCC(N2Cc3c(NC(=O)CCCCOCCOCCOCCNC(=O)c4ccc(Nc5ncc6c(n5)-c5ccc(Cl)cc5C(c5c(F)cccc5F)=NC6)cc4)cccc3C2=O)C(=O)N1. The molecule has 8 rings (SSSR count). The highest BCUT2D eigenvalue weighted by Crippen LogP contribution is 2.36. The fraction of sp³-hybridized carbons (Fsp3) is 0.306. The molecule has 5 aromatic rings. The number of fused-ring (bicyclic) bond motifs is 4. The lowest BCUT2D eigenvalue weighted by molar-refractivity contribution is -0.137. The number of aliphatic imine (C=N–C) groups is 1. The topological polar surface area (TPSA) is 203 Å². The quantitative estimate of drug-likeness (QED) is 0.0465. The maximum absolute atomic E-state index is 14.9. The Balaban J connectivity index is 0.00000703. The van der Waals surface area contributed by atoms with Crippen LogP contribution in [0.25, 0.3) is 11.3 Å². The number of nitrogens with zero attached hydrogens (tertiary/aromatic N) is 4. The molecule has 0 saturated carbocycles. The van der Waals surface area contributed by atoms with Crippen molar-refractivity contribution in [2.24, 2.45) is 4.99 Å². The molecule has 1 unspecified atom stereocenters. The van der Waals surface area contributed by atoms with Gasteiger partial charge in [-0.25, -0.2) is 18.7 Å². The van der Waals surface area contributed by atoms with E-state index in [0.29, 0.717) is 108 Å². The summed E-state index contributed by atoms with van der Waals surface area (Å²) in [4.78, 5) is 77.7. The highest BCUT2D eigenvalue weighted by molar-refractivity contribution is 6.31. The molecule has 360 valence electrons. The fourth-order valence-corrected chi connectivity index (χ4v) is 8.21. The van der Waals surface area contributed by atoms with Crippen molar-refractivity contribution in [2.45, 2.75) is 51.2 Å². The van der Waals surface area contributed by atoms with Gasteiger partial charge in [0.25, 0.3) is 11.8 Å². The van der Waals surface area contributed by atoms with Crippen LogP contribution < -0.4 is 21.3 Å². The van der Waals surface area contributed by atoms with Crippen LogP contribution in [0.2, 0.25) is 5.02 Å². The fourth-order valence-electron chi connectivity index (χ4n) is 8.04. The van der Waals surface area contributed by atoms with E-state index < -0.39 is 23.6 Å². The molecular weight excluding hydrogens is 937 g/mol. The summed E-state index contributed by atoms with van der Waals surface area (Å²) in [5, 5.41) is 11.5. The molecule has 0 aliphatic carbocycles. The van der Waals surface area contributed by atoms with Gasteiger partial charge in [-0.15, -0.1) is 12.4 Å². The first kappa shape index (κ1) is 50.2. The van der Waals surface area contributed by atoms with E-state index >= 15 is 0 Å². The molecule has 4 N–H and O–H groups in total. The molecule has 3 aliphatic rings. The van der Waals surface area contributed by atoms with Gasteiger partial charge in [-0.1, -0.05) is 29.8 Å². The summed E-state index contributed by atoms with van der Waals surface area (Å²) in [6, 6.07) is 19.8. The van der Waals surface area contributed by atoms with Crippen molar-refractivity contribution in [3.8, 4) is 11.3 Å². The molecule has 16 nitrogen and oxygen atoms in total. The zero-order chi connectivity index (χ0) is 47.6. The van der Waals surface area contributed by atoms with Crippen LogP contribution in [0, 0.1) is 11.6 Å². The molecule has 0 bridgehead atoms. The van der Waals surface area contributed by atoms with Gasteiger partial charge >= 0.3 is 0 Å². The Morgan fingerprint density at radius 1 is 0.841 bits per heavy atom. The minimum atomic E-state index is -0.741. The van der Waals surface area contributed by atoms with E-state index in [1.54, 1.807) is 66.9 Å². The van der Waals surface area contributed by atoms with E-state index in [1.807, 2.05) is 0 Å². The number of hydrogen-bond acceptors (Lipinski definition) is 12.